The average Bonchev–Trinajstić information content (AvgIpc) is 2.95. The molecule has 0 bridgehead atoms. The first-order chi connectivity index (χ1) is 10.5. The van der Waals surface area contributed by atoms with Gasteiger partial charge in [-0.15, -0.1) is 0 Å². The van der Waals surface area contributed by atoms with Gasteiger partial charge in [-0.25, -0.2) is 4.79 Å². The fraction of sp³-hybridized carbons (Fsp3) is 0.467. The predicted molar refractivity (Wildman–Crippen MR) is 73.8 cm³/mol. The number of aliphatic carboxylic acids is 1. The summed E-state index contributed by atoms with van der Waals surface area (Å²) in [5.41, 5.74) is 0.807. The van der Waals surface area contributed by atoms with Gasteiger partial charge in [0.15, 0.2) is 0 Å². The van der Waals surface area contributed by atoms with Crippen molar-refractivity contribution in [2.45, 2.75) is 38.3 Å². The van der Waals surface area contributed by atoms with Gasteiger partial charge >= 0.3 is 12.6 Å². The quantitative estimate of drug-likeness (QED) is 0.875. The molecule has 1 aromatic rings. The van der Waals surface area contributed by atoms with E-state index in [2.05, 4.69) is 4.74 Å². The summed E-state index contributed by atoms with van der Waals surface area (Å²) in [6.45, 7) is -2.40. The first kappa shape index (κ1) is 16.2. The standard InChI is InChI=1S/C15H17F2NO4/c16-15(17)22-11-6-3-10(4-7-11)5-8-13(19)18-9-1-2-12(18)14(20)21/h3-4,6-7,12,15H,1-2,5,8-9H2,(H,20,21)/t12-/m1/s1. The molecule has 2 rings (SSSR count). The number of rotatable bonds is 6. The molecule has 1 aliphatic heterocycles. The van der Waals surface area contributed by atoms with Crippen molar-refractivity contribution in [2.75, 3.05) is 6.54 Å². The molecule has 1 aromatic carbocycles. The lowest BCUT2D eigenvalue weighted by atomic mass is 10.1. The van der Waals surface area contributed by atoms with Crippen LogP contribution in [0.15, 0.2) is 24.3 Å². The van der Waals surface area contributed by atoms with Crippen molar-refractivity contribution in [1.29, 1.82) is 0 Å². The number of carbonyl (C=O) groups excluding carboxylic acids is 1. The second-order valence-electron chi connectivity index (χ2n) is 5.11. The highest BCUT2D eigenvalue weighted by atomic mass is 19.3. The molecular weight excluding hydrogens is 296 g/mol. The molecule has 22 heavy (non-hydrogen) atoms. The zero-order chi connectivity index (χ0) is 16.1. The van der Waals surface area contributed by atoms with Crippen molar-refractivity contribution in [3.8, 4) is 5.75 Å². The highest BCUT2D eigenvalue weighted by molar-refractivity contribution is 5.84. The van der Waals surface area contributed by atoms with Crippen molar-refractivity contribution < 1.29 is 28.2 Å². The molecular formula is C15H17F2NO4. The molecule has 1 atom stereocenters. The molecule has 1 N–H and O–H groups in total. The number of aryl methyl sites for hydroxylation is 1. The lowest BCUT2D eigenvalue weighted by Gasteiger charge is -2.21. The van der Waals surface area contributed by atoms with Crippen molar-refractivity contribution in [1.82, 2.24) is 4.90 Å². The highest BCUT2D eigenvalue weighted by Crippen LogP contribution is 2.20. The lowest BCUT2D eigenvalue weighted by molar-refractivity contribution is -0.148. The summed E-state index contributed by atoms with van der Waals surface area (Å²) in [6, 6.07) is 5.34. The van der Waals surface area contributed by atoms with Gasteiger partial charge < -0.3 is 14.7 Å². The Bertz CT molecular complexity index is 533. The third-order valence-electron chi connectivity index (χ3n) is 3.63. The predicted octanol–water partition coefficient (Wildman–Crippen LogP) is 2.30. The fourth-order valence-corrected chi connectivity index (χ4v) is 2.55. The van der Waals surface area contributed by atoms with Crippen LogP contribution in [0.1, 0.15) is 24.8 Å². The minimum absolute atomic E-state index is 0.0653. The Balaban J connectivity index is 1.87. The second kappa shape index (κ2) is 7.20. The van der Waals surface area contributed by atoms with E-state index in [1.165, 1.54) is 17.0 Å². The summed E-state index contributed by atoms with van der Waals surface area (Å²) >= 11 is 0. The number of benzene rings is 1. The number of likely N-dealkylation sites (tertiary alicyclic amines) is 1. The first-order valence-corrected chi connectivity index (χ1v) is 7.03. The van der Waals surface area contributed by atoms with Gasteiger partial charge in [0.25, 0.3) is 0 Å². The normalized spacial score (nSPS) is 17.8. The van der Waals surface area contributed by atoms with Gasteiger partial charge in [-0.3, -0.25) is 4.79 Å². The van der Waals surface area contributed by atoms with Gasteiger partial charge in [-0.2, -0.15) is 8.78 Å². The van der Waals surface area contributed by atoms with Crippen LogP contribution in [-0.2, 0) is 16.0 Å². The zero-order valence-corrected chi connectivity index (χ0v) is 11.9. The third kappa shape index (κ3) is 4.16. The minimum Gasteiger partial charge on any atom is -0.480 e. The molecule has 0 radical (unpaired) electrons. The Morgan fingerprint density at radius 1 is 1.32 bits per heavy atom. The summed E-state index contributed by atoms with van der Waals surface area (Å²) in [5.74, 6) is -1.10. The van der Waals surface area contributed by atoms with E-state index in [0.717, 1.165) is 5.56 Å². The van der Waals surface area contributed by atoms with E-state index < -0.39 is 18.6 Å². The molecule has 1 amide bonds. The van der Waals surface area contributed by atoms with Gasteiger partial charge in [-0.05, 0) is 37.0 Å². The van der Waals surface area contributed by atoms with E-state index in [0.29, 0.717) is 25.8 Å². The van der Waals surface area contributed by atoms with Gasteiger partial charge in [0.2, 0.25) is 5.91 Å². The molecule has 0 aromatic heterocycles. The number of hydrogen-bond acceptors (Lipinski definition) is 3. The van der Waals surface area contributed by atoms with Crippen molar-refractivity contribution in [2.24, 2.45) is 0 Å². The third-order valence-corrected chi connectivity index (χ3v) is 3.63. The molecule has 1 heterocycles. The molecule has 1 aliphatic rings. The average molecular weight is 313 g/mol. The number of carboxylic acid groups (broad SMARTS) is 1. The molecule has 1 fully saturated rings. The van der Waals surface area contributed by atoms with Gasteiger partial charge in [0.1, 0.15) is 11.8 Å². The number of ether oxygens (including phenoxy) is 1. The Hall–Kier alpha value is -2.18. The summed E-state index contributed by atoms with van der Waals surface area (Å²) in [7, 11) is 0. The molecule has 0 spiro atoms. The maximum absolute atomic E-state index is 12.1. The monoisotopic (exact) mass is 313 g/mol. The van der Waals surface area contributed by atoms with Crippen LogP contribution in [0.5, 0.6) is 5.75 Å². The SMILES string of the molecule is O=C(O)[C@H]1CCCN1C(=O)CCc1ccc(OC(F)F)cc1. The molecule has 1 saturated heterocycles. The van der Waals surface area contributed by atoms with Crippen LogP contribution >= 0.6 is 0 Å². The molecule has 5 nitrogen and oxygen atoms in total. The van der Waals surface area contributed by atoms with E-state index in [9.17, 15) is 18.4 Å². The van der Waals surface area contributed by atoms with E-state index >= 15 is 0 Å². The van der Waals surface area contributed by atoms with Crippen molar-refractivity contribution in [3.05, 3.63) is 29.8 Å². The topological polar surface area (TPSA) is 66.8 Å². The molecule has 0 unspecified atom stereocenters. The van der Waals surface area contributed by atoms with Gasteiger partial charge in [0.05, 0.1) is 0 Å². The number of carbonyl (C=O) groups is 2. The Kier molecular flexibility index (Phi) is 5.30. The van der Waals surface area contributed by atoms with Crippen molar-refractivity contribution in [3.63, 3.8) is 0 Å². The van der Waals surface area contributed by atoms with Crippen LogP contribution in [-0.4, -0.2) is 41.1 Å². The van der Waals surface area contributed by atoms with E-state index in [1.807, 2.05) is 0 Å². The molecule has 120 valence electrons. The van der Waals surface area contributed by atoms with Crippen LogP contribution in [0.25, 0.3) is 0 Å². The van der Waals surface area contributed by atoms with Gasteiger partial charge in [0, 0.05) is 13.0 Å². The first-order valence-electron chi connectivity index (χ1n) is 7.03. The fourth-order valence-electron chi connectivity index (χ4n) is 2.55. The van der Waals surface area contributed by atoms with Crippen LogP contribution in [0, 0.1) is 0 Å². The van der Waals surface area contributed by atoms with Crippen molar-refractivity contribution >= 4 is 11.9 Å². The maximum Gasteiger partial charge on any atom is 0.387 e. The highest BCUT2D eigenvalue weighted by Gasteiger charge is 2.33. The van der Waals surface area contributed by atoms with E-state index in [1.54, 1.807) is 12.1 Å². The lowest BCUT2D eigenvalue weighted by Crippen LogP contribution is -2.40. The Morgan fingerprint density at radius 3 is 2.59 bits per heavy atom. The molecule has 7 heteroatoms. The number of nitrogens with zero attached hydrogens (tertiary/aromatic N) is 1. The summed E-state index contributed by atoms with van der Waals surface area (Å²) in [5, 5.41) is 9.05. The van der Waals surface area contributed by atoms with Crippen LogP contribution in [0.2, 0.25) is 0 Å². The maximum atomic E-state index is 12.1. The van der Waals surface area contributed by atoms with E-state index in [4.69, 9.17) is 5.11 Å². The van der Waals surface area contributed by atoms with Crippen LogP contribution in [0.4, 0.5) is 8.78 Å². The largest absolute Gasteiger partial charge is 0.480 e. The van der Waals surface area contributed by atoms with Crippen LogP contribution < -0.4 is 4.74 Å². The number of amides is 1. The number of alkyl halides is 2. The zero-order valence-electron chi connectivity index (χ0n) is 11.9. The van der Waals surface area contributed by atoms with Crippen LogP contribution in [0.3, 0.4) is 0 Å². The number of hydrogen-bond donors (Lipinski definition) is 1. The summed E-state index contributed by atoms with van der Waals surface area (Å²) in [6.07, 6.45) is 1.80. The summed E-state index contributed by atoms with van der Waals surface area (Å²) in [4.78, 5) is 24.5. The van der Waals surface area contributed by atoms with Gasteiger partial charge in [-0.1, -0.05) is 12.1 Å². The number of carboxylic acids is 1. The summed E-state index contributed by atoms with van der Waals surface area (Å²) < 4.78 is 28.3. The molecule has 0 saturated carbocycles. The second-order valence-corrected chi connectivity index (χ2v) is 5.11. The smallest absolute Gasteiger partial charge is 0.387 e. The Labute approximate surface area is 126 Å². The number of halogens is 2. The molecule has 0 aliphatic carbocycles. The van der Waals surface area contributed by atoms with E-state index in [-0.39, 0.29) is 18.1 Å². The minimum atomic E-state index is -2.87. The Morgan fingerprint density at radius 2 is 2.00 bits per heavy atom.